The largest absolute Gasteiger partial charge is 0.373 e. The van der Waals surface area contributed by atoms with Crippen molar-refractivity contribution in [1.82, 2.24) is 0 Å². The predicted octanol–water partition coefficient (Wildman–Crippen LogP) is 4.04. The topological polar surface area (TPSA) is 33.0 Å². The summed E-state index contributed by atoms with van der Waals surface area (Å²) in [5.41, 5.74) is 2.21. The fourth-order valence-corrected chi connectivity index (χ4v) is 2.50. The number of hydrogen-bond acceptors (Lipinski definition) is 2. The van der Waals surface area contributed by atoms with Crippen molar-refractivity contribution in [2.75, 3.05) is 0 Å². The molecule has 0 radical (unpaired) electrons. The van der Waals surface area contributed by atoms with Gasteiger partial charge in [0.05, 0.1) is 24.3 Å². The van der Waals surface area contributed by atoms with Gasteiger partial charge in [0.2, 0.25) is 0 Å². The second kappa shape index (κ2) is 5.54. The van der Waals surface area contributed by atoms with Crippen LogP contribution in [-0.2, 0) is 11.3 Å². The molecule has 2 heteroatoms. The lowest BCUT2D eigenvalue weighted by Gasteiger charge is -2.34. The van der Waals surface area contributed by atoms with Crippen LogP contribution < -0.4 is 0 Å². The summed E-state index contributed by atoms with van der Waals surface area (Å²) in [6, 6.07) is 9.90. The van der Waals surface area contributed by atoms with E-state index in [4.69, 9.17) is 10.00 Å². The Bertz CT molecular complexity index is 435. The zero-order valence-electron chi connectivity index (χ0n) is 11.3. The van der Waals surface area contributed by atoms with Crippen LogP contribution in [0.25, 0.3) is 0 Å². The number of benzene rings is 1. The van der Waals surface area contributed by atoms with Crippen LogP contribution in [0.1, 0.15) is 50.7 Å². The van der Waals surface area contributed by atoms with Gasteiger partial charge in [0.25, 0.3) is 0 Å². The molecule has 0 spiro atoms. The van der Waals surface area contributed by atoms with Crippen molar-refractivity contribution in [3.8, 4) is 6.07 Å². The quantitative estimate of drug-likeness (QED) is 0.802. The number of ether oxygens (including phenoxy) is 1. The summed E-state index contributed by atoms with van der Waals surface area (Å²) in [7, 11) is 0. The zero-order valence-corrected chi connectivity index (χ0v) is 11.3. The Morgan fingerprint density at radius 2 is 1.94 bits per heavy atom. The van der Waals surface area contributed by atoms with Crippen LogP contribution in [0.5, 0.6) is 0 Å². The van der Waals surface area contributed by atoms with Crippen molar-refractivity contribution < 1.29 is 4.74 Å². The lowest BCUT2D eigenvalue weighted by atomic mass is 9.76. The van der Waals surface area contributed by atoms with E-state index in [0.29, 0.717) is 18.1 Å². The van der Waals surface area contributed by atoms with Gasteiger partial charge >= 0.3 is 0 Å². The van der Waals surface area contributed by atoms with Gasteiger partial charge in [-0.25, -0.2) is 0 Å². The van der Waals surface area contributed by atoms with Gasteiger partial charge in [-0.2, -0.15) is 5.26 Å². The van der Waals surface area contributed by atoms with Crippen LogP contribution in [0.4, 0.5) is 0 Å². The molecule has 1 aromatic carbocycles. The number of nitriles is 1. The molecule has 2 nitrogen and oxygen atoms in total. The summed E-state index contributed by atoms with van der Waals surface area (Å²) in [4.78, 5) is 0. The lowest BCUT2D eigenvalue weighted by molar-refractivity contribution is -0.00566. The molecule has 1 aliphatic rings. The van der Waals surface area contributed by atoms with Crippen LogP contribution in [0.15, 0.2) is 24.3 Å². The molecule has 18 heavy (non-hydrogen) atoms. The maximum absolute atomic E-state index is 9.02. The van der Waals surface area contributed by atoms with Crippen LogP contribution in [-0.4, -0.2) is 6.10 Å². The van der Waals surface area contributed by atoms with E-state index < -0.39 is 0 Å². The van der Waals surface area contributed by atoms with E-state index in [1.165, 1.54) is 12.8 Å². The maximum Gasteiger partial charge on any atom is 0.0995 e. The van der Waals surface area contributed by atoms with Crippen molar-refractivity contribution in [1.29, 1.82) is 5.26 Å². The third-order valence-electron chi connectivity index (χ3n) is 3.90. The van der Waals surface area contributed by atoms with Gasteiger partial charge < -0.3 is 4.74 Å². The average Bonchev–Trinajstić information content (AvgIpc) is 2.38. The maximum atomic E-state index is 9.02. The fourth-order valence-electron chi connectivity index (χ4n) is 2.50. The first-order valence-corrected chi connectivity index (χ1v) is 6.70. The minimum atomic E-state index is 0.366. The standard InChI is InChI=1S/C16H21NO/c1-16(2)9-7-15(8-10-16)18-12-14-6-4-3-5-13(14)11-17/h3-6,15H,7-10,12H2,1-2H3. The summed E-state index contributed by atoms with van der Waals surface area (Å²) in [5.74, 6) is 0. The van der Waals surface area contributed by atoms with Gasteiger partial charge in [0, 0.05) is 0 Å². The Morgan fingerprint density at radius 1 is 1.28 bits per heavy atom. The first-order valence-electron chi connectivity index (χ1n) is 6.70. The monoisotopic (exact) mass is 243 g/mol. The highest BCUT2D eigenvalue weighted by Crippen LogP contribution is 2.36. The SMILES string of the molecule is CC1(C)CCC(OCc2ccccc2C#N)CC1. The Labute approximate surface area is 110 Å². The Kier molecular flexibility index (Phi) is 4.04. The van der Waals surface area contributed by atoms with E-state index in [1.54, 1.807) is 0 Å². The smallest absolute Gasteiger partial charge is 0.0995 e. The number of hydrogen-bond donors (Lipinski definition) is 0. The molecule has 96 valence electrons. The van der Waals surface area contributed by atoms with Crippen LogP contribution in [0, 0.1) is 16.7 Å². The third kappa shape index (κ3) is 3.34. The van der Waals surface area contributed by atoms with Gasteiger partial charge in [0.15, 0.2) is 0 Å². The number of nitrogens with zero attached hydrogens (tertiary/aromatic N) is 1. The van der Waals surface area contributed by atoms with Crippen molar-refractivity contribution in [3.05, 3.63) is 35.4 Å². The van der Waals surface area contributed by atoms with Gasteiger partial charge in [-0.3, -0.25) is 0 Å². The highest BCUT2D eigenvalue weighted by atomic mass is 16.5. The molecule has 0 bridgehead atoms. The molecule has 0 N–H and O–H groups in total. The second-order valence-electron chi connectivity index (χ2n) is 5.94. The molecule has 2 rings (SSSR count). The predicted molar refractivity (Wildman–Crippen MR) is 72.0 cm³/mol. The van der Waals surface area contributed by atoms with Crippen LogP contribution in [0.3, 0.4) is 0 Å². The first kappa shape index (κ1) is 13.1. The molecule has 0 amide bonds. The van der Waals surface area contributed by atoms with E-state index in [-0.39, 0.29) is 0 Å². The molecular formula is C16H21NO. The summed E-state index contributed by atoms with van der Waals surface area (Å²) in [6.07, 6.45) is 5.11. The van der Waals surface area contributed by atoms with E-state index in [0.717, 1.165) is 24.0 Å². The molecular weight excluding hydrogens is 222 g/mol. The average molecular weight is 243 g/mol. The summed E-state index contributed by atoms with van der Waals surface area (Å²) < 4.78 is 5.95. The molecule has 0 unspecified atom stereocenters. The van der Waals surface area contributed by atoms with Crippen molar-refractivity contribution in [2.24, 2.45) is 5.41 Å². The van der Waals surface area contributed by atoms with Gasteiger partial charge in [-0.1, -0.05) is 32.0 Å². The molecule has 1 aliphatic carbocycles. The molecule has 0 aromatic heterocycles. The zero-order chi connectivity index (χ0) is 13.0. The summed E-state index contributed by atoms with van der Waals surface area (Å²) in [5, 5.41) is 9.02. The van der Waals surface area contributed by atoms with Crippen molar-refractivity contribution in [2.45, 2.75) is 52.2 Å². The molecule has 1 aromatic rings. The lowest BCUT2D eigenvalue weighted by Crippen LogP contribution is -2.26. The Morgan fingerprint density at radius 3 is 2.61 bits per heavy atom. The minimum Gasteiger partial charge on any atom is -0.373 e. The molecule has 0 heterocycles. The first-order chi connectivity index (χ1) is 8.61. The van der Waals surface area contributed by atoms with Crippen molar-refractivity contribution >= 4 is 0 Å². The second-order valence-corrected chi connectivity index (χ2v) is 5.94. The summed E-state index contributed by atoms with van der Waals surface area (Å²) >= 11 is 0. The normalized spacial score (nSPS) is 19.4. The molecule has 0 aliphatic heterocycles. The van der Waals surface area contributed by atoms with E-state index in [1.807, 2.05) is 24.3 Å². The molecule has 0 saturated heterocycles. The Hall–Kier alpha value is -1.33. The van der Waals surface area contributed by atoms with Crippen LogP contribution in [0.2, 0.25) is 0 Å². The fraction of sp³-hybridized carbons (Fsp3) is 0.562. The number of rotatable bonds is 3. The summed E-state index contributed by atoms with van der Waals surface area (Å²) in [6.45, 7) is 5.22. The van der Waals surface area contributed by atoms with E-state index in [9.17, 15) is 0 Å². The van der Waals surface area contributed by atoms with E-state index in [2.05, 4.69) is 19.9 Å². The highest BCUT2D eigenvalue weighted by molar-refractivity contribution is 5.36. The van der Waals surface area contributed by atoms with Gasteiger partial charge in [-0.05, 0) is 42.7 Å². The molecule has 1 saturated carbocycles. The van der Waals surface area contributed by atoms with Gasteiger partial charge in [0.1, 0.15) is 0 Å². The molecule has 0 atom stereocenters. The highest BCUT2D eigenvalue weighted by Gasteiger charge is 2.27. The minimum absolute atomic E-state index is 0.366. The van der Waals surface area contributed by atoms with Crippen molar-refractivity contribution in [3.63, 3.8) is 0 Å². The van der Waals surface area contributed by atoms with Crippen LogP contribution >= 0.6 is 0 Å². The third-order valence-corrected chi connectivity index (χ3v) is 3.90. The van der Waals surface area contributed by atoms with E-state index >= 15 is 0 Å². The Balaban J connectivity index is 1.87. The molecule has 1 fully saturated rings. The van der Waals surface area contributed by atoms with Gasteiger partial charge in [-0.15, -0.1) is 0 Å².